The molecule has 6 rings (SSSR count). The minimum atomic E-state index is -0.564. The first kappa shape index (κ1) is 44.2. The third-order valence-electron chi connectivity index (χ3n) is 9.35. The minimum absolute atomic E-state index is 0.280. The zero-order chi connectivity index (χ0) is 42.4. The molecule has 0 aliphatic carbocycles. The molecule has 0 fully saturated rings. The number of unbranched alkanes of at least 4 members (excludes halogenated alkanes) is 2. The lowest BCUT2D eigenvalue weighted by molar-refractivity contribution is 0.0898. The Bertz CT molecular complexity index is 2100. The van der Waals surface area contributed by atoms with Crippen molar-refractivity contribution in [3.05, 3.63) is 191 Å². The van der Waals surface area contributed by atoms with E-state index in [1.807, 2.05) is 12.1 Å². The van der Waals surface area contributed by atoms with Gasteiger partial charge in [-0.1, -0.05) is 84.9 Å². The maximum absolute atomic E-state index is 12.4. The number of ketones is 2. The SMILES string of the molecule is O=C(CO)c1cccc(NC(=O)c2ccc(OCCCCc3ccccc3)cc2)c1.O=C(CO)c1cccc(NC(=O)c2ccc(OCCCCc3ccccc3)cc2)c1. The van der Waals surface area contributed by atoms with Crippen LogP contribution in [-0.2, 0) is 12.8 Å². The number of carbonyl (C=O) groups is 4. The second-order valence-electron chi connectivity index (χ2n) is 13.9. The van der Waals surface area contributed by atoms with Crippen molar-refractivity contribution in [3.8, 4) is 11.5 Å². The molecule has 10 heteroatoms. The van der Waals surface area contributed by atoms with Gasteiger partial charge in [-0.3, -0.25) is 19.2 Å². The van der Waals surface area contributed by atoms with Gasteiger partial charge in [0.05, 0.1) is 13.2 Å². The van der Waals surface area contributed by atoms with E-state index in [4.69, 9.17) is 19.7 Å². The first-order valence-electron chi connectivity index (χ1n) is 20.0. The summed E-state index contributed by atoms with van der Waals surface area (Å²) in [6, 6.07) is 47.7. The first-order valence-corrected chi connectivity index (χ1v) is 20.0. The fourth-order valence-corrected chi connectivity index (χ4v) is 6.07. The summed E-state index contributed by atoms with van der Waals surface area (Å²) >= 11 is 0. The predicted octanol–water partition coefficient (Wildman–Crippen LogP) is 9.03. The summed E-state index contributed by atoms with van der Waals surface area (Å²) in [5, 5.41) is 23.4. The molecule has 0 aromatic heterocycles. The van der Waals surface area contributed by atoms with Crippen molar-refractivity contribution >= 4 is 34.8 Å². The summed E-state index contributed by atoms with van der Waals surface area (Å²) in [5.74, 6) is 0.104. The summed E-state index contributed by atoms with van der Waals surface area (Å²) in [7, 11) is 0. The Kier molecular flexibility index (Phi) is 17.8. The van der Waals surface area contributed by atoms with E-state index in [1.54, 1.807) is 97.1 Å². The van der Waals surface area contributed by atoms with Crippen LogP contribution in [0.3, 0.4) is 0 Å². The van der Waals surface area contributed by atoms with Gasteiger partial charge in [-0.25, -0.2) is 0 Å². The van der Waals surface area contributed by atoms with Crippen LogP contribution in [0, 0.1) is 0 Å². The Hall–Kier alpha value is -6.88. The standard InChI is InChI=1S/2C25H25NO4/c2*27-18-24(28)21-10-6-11-22(17-21)26-25(29)20-12-14-23(15-13-20)30-16-5-4-9-19-7-2-1-3-8-19/h2*1-3,6-8,10-15,17,27H,4-5,9,16,18H2,(H,26,29). The summed E-state index contributed by atoms with van der Waals surface area (Å²) in [5.41, 5.74) is 5.35. The van der Waals surface area contributed by atoms with Gasteiger partial charge < -0.3 is 30.3 Å². The average Bonchev–Trinajstić information content (AvgIpc) is 3.29. The monoisotopic (exact) mass is 806 g/mol. The third kappa shape index (κ3) is 14.8. The Morgan fingerprint density at radius 3 is 1.17 bits per heavy atom. The highest BCUT2D eigenvalue weighted by Gasteiger charge is 2.11. The lowest BCUT2D eigenvalue weighted by Gasteiger charge is -2.09. The Morgan fingerprint density at radius 2 is 0.800 bits per heavy atom. The molecule has 0 saturated carbocycles. The number of carbonyl (C=O) groups excluding carboxylic acids is 4. The molecule has 0 unspecified atom stereocenters. The van der Waals surface area contributed by atoms with Crippen LogP contribution in [-0.4, -0.2) is 60.0 Å². The van der Waals surface area contributed by atoms with Crippen LogP contribution in [0.4, 0.5) is 11.4 Å². The number of anilines is 2. The van der Waals surface area contributed by atoms with Crippen LogP contribution in [0.15, 0.2) is 158 Å². The molecule has 10 nitrogen and oxygen atoms in total. The second kappa shape index (κ2) is 24.1. The Balaban J connectivity index is 0.000000228. The number of hydrogen-bond acceptors (Lipinski definition) is 8. The van der Waals surface area contributed by atoms with Gasteiger partial charge >= 0.3 is 0 Å². The number of Topliss-reactive ketones (excluding diaryl/α,β-unsaturated/α-hetero) is 2. The number of nitrogens with one attached hydrogen (secondary N) is 2. The number of aryl methyl sites for hydroxylation is 2. The summed E-state index contributed by atoms with van der Waals surface area (Å²) in [6.45, 7) is 0.129. The molecule has 308 valence electrons. The zero-order valence-corrected chi connectivity index (χ0v) is 33.4. The normalized spacial score (nSPS) is 10.4. The summed E-state index contributed by atoms with van der Waals surface area (Å²) in [4.78, 5) is 48.0. The van der Waals surface area contributed by atoms with E-state index in [9.17, 15) is 19.2 Å². The number of aliphatic hydroxyl groups excluding tert-OH is 2. The lowest BCUT2D eigenvalue weighted by Crippen LogP contribution is -2.13. The Morgan fingerprint density at radius 1 is 0.417 bits per heavy atom. The molecule has 4 N–H and O–H groups in total. The maximum Gasteiger partial charge on any atom is 0.255 e. The third-order valence-corrected chi connectivity index (χ3v) is 9.35. The number of amides is 2. The van der Waals surface area contributed by atoms with Gasteiger partial charge in [0.2, 0.25) is 0 Å². The molecule has 60 heavy (non-hydrogen) atoms. The molecule has 0 aliphatic rings. The molecule has 0 heterocycles. The fourth-order valence-electron chi connectivity index (χ4n) is 6.07. The number of benzene rings is 6. The van der Waals surface area contributed by atoms with E-state index in [0.29, 0.717) is 46.8 Å². The van der Waals surface area contributed by atoms with Crippen LogP contribution in [0.1, 0.15) is 78.2 Å². The van der Waals surface area contributed by atoms with E-state index in [-0.39, 0.29) is 11.8 Å². The van der Waals surface area contributed by atoms with Gasteiger partial charge in [0.15, 0.2) is 11.6 Å². The number of ether oxygens (including phenoxy) is 2. The highest BCUT2D eigenvalue weighted by molar-refractivity contribution is 6.06. The quantitative estimate of drug-likeness (QED) is 0.0441. The highest BCUT2D eigenvalue weighted by Crippen LogP contribution is 2.18. The van der Waals surface area contributed by atoms with Crippen LogP contribution < -0.4 is 20.1 Å². The van der Waals surface area contributed by atoms with Gasteiger partial charge in [-0.05, 0) is 122 Å². The molecular weight excluding hydrogens is 757 g/mol. The van der Waals surface area contributed by atoms with Gasteiger partial charge in [0, 0.05) is 33.6 Å². The first-order chi connectivity index (χ1) is 29.3. The zero-order valence-electron chi connectivity index (χ0n) is 33.4. The minimum Gasteiger partial charge on any atom is -0.494 e. The van der Waals surface area contributed by atoms with Crippen molar-refractivity contribution in [1.29, 1.82) is 0 Å². The fraction of sp³-hybridized carbons (Fsp3) is 0.200. The van der Waals surface area contributed by atoms with Crippen LogP contribution in [0.25, 0.3) is 0 Å². The van der Waals surface area contributed by atoms with Crippen molar-refractivity contribution in [3.63, 3.8) is 0 Å². The summed E-state index contributed by atoms with van der Waals surface area (Å²) in [6.07, 6.45) is 6.10. The van der Waals surface area contributed by atoms with Gasteiger partial charge in [-0.2, -0.15) is 0 Å². The second-order valence-corrected chi connectivity index (χ2v) is 13.9. The number of rotatable bonds is 20. The molecule has 0 saturated heterocycles. The topological polar surface area (TPSA) is 151 Å². The van der Waals surface area contributed by atoms with Crippen molar-refractivity contribution in [2.45, 2.75) is 38.5 Å². The molecule has 0 radical (unpaired) electrons. The van der Waals surface area contributed by atoms with Crippen molar-refractivity contribution in [2.24, 2.45) is 0 Å². The van der Waals surface area contributed by atoms with Crippen LogP contribution in [0.2, 0.25) is 0 Å². The van der Waals surface area contributed by atoms with Gasteiger partial charge in [0.25, 0.3) is 11.8 Å². The van der Waals surface area contributed by atoms with E-state index < -0.39 is 24.8 Å². The molecule has 6 aromatic rings. The molecule has 2 amide bonds. The van der Waals surface area contributed by atoms with Gasteiger partial charge in [-0.15, -0.1) is 0 Å². The highest BCUT2D eigenvalue weighted by atomic mass is 16.5. The summed E-state index contributed by atoms with van der Waals surface area (Å²) < 4.78 is 11.5. The molecule has 6 aromatic carbocycles. The maximum atomic E-state index is 12.4. The lowest BCUT2D eigenvalue weighted by atomic mass is 10.1. The Labute approximate surface area is 350 Å². The number of hydrogen-bond donors (Lipinski definition) is 4. The largest absolute Gasteiger partial charge is 0.494 e. The molecule has 0 atom stereocenters. The van der Waals surface area contributed by atoms with Crippen LogP contribution >= 0.6 is 0 Å². The molecule has 0 spiro atoms. The van der Waals surface area contributed by atoms with Crippen LogP contribution in [0.5, 0.6) is 11.5 Å². The van der Waals surface area contributed by atoms with E-state index in [2.05, 4.69) is 59.2 Å². The van der Waals surface area contributed by atoms with Gasteiger partial charge in [0.1, 0.15) is 24.7 Å². The number of aliphatic hydroxyl groups is 2. The van der Waals surface area contributed by atoms with Crippen molar-refractivity contribution in [1.82, 2.24) is 0 Å². The van der Waals surface area contributed by atoms with E-state index in [1.165, 1.54) is 11.1 Å². The van der Waals surface area contributed by atoms with E-state index in [0.717, 1.165) is 50.0 Å². The predicted molar refractivity (Wildman–Crippen MR) is 234 cm³/mol. The van der Waals surface area contributed by atoms with Crippen molar-refractivity contribution < 1.29 is 38.9 Å². The molecule has 0 bridgehead atoms. The average molecular weight is 807 g/mol. The molecular formula is C50H50N2O8. The smallest absolute Gasteiger partial charge is 0.255 e. The molecule has 0 aliphatic heterocycles. The van der Waals surface area contributed by atoms with E-state index >= 15 is 0 Å². The van der Waals surface area contributed by atoms with Crippen molar-refractivity contribution in [2.75, 3.05) is 37.1 Å².